The molecule has 0 amide bonds. The van der Waals surface area contributed by atoms with E-state index in [1.807, 2.05) is 97.9 Å². The van der Waals surface area contributed by atoms with Crippen LogP contribution in [0.5, 0.6) is 0 Å². The lowest BCUT2D eigenvalue weighted by atomic mass is 9.77. The zero-order valence-electron chi connectivity index (χ0n) is 46.5. The van der Waals surface area contributed by atoms with Gasteiger partial charge in [-0.3, -0.25) is 37.4 Å². The van der Waals surface area contributed by atoms with E-state index < -0.39 is 106 Å². The summed E-state index contributed by atoms with van der Waals surface area (Å²) in [6.45, 7) is 6.77. The Hall–Kier alpha value is -7.45. The molecule has 9 rings (SSSR count). The topological polar surface area (TPSA) is 250 Å². The predicted octanol–water partition coefficient (Wildman–Crippen LogP) is 10.3. The van der Waals surface area contributed by atoms with Crippen molar-refractivity contribution in [1.29, 1.82) is 0 Å². The van der Waals surface area contributed by atoms with Crippen molar-refractivity contribution in [3.8, 4) is 0 Å². The summed E-state index contributed by atoms with van der Waals surface area (Å²) in [5.41, 5.74) is 3.27. The molecule has 2 saturated heterocycles. The number of nitrogens with one attached hydrogen (secondary N) is 1. The number of carbonyl (C=O) groups is 4. The fourth-order valence-corrected chi connectivity index (χ4v) is 14.8. The summed E-state index contributed by atoms with van der Waals surface area (Å²) in [4.78, 5) is 64.9. The van der Waals surface area contributed by atoms with Crippen LogP contribution in [0.25, 0.3) is 11.2 Å². The molecule has 5 aromatic carbocycles. The third-order valence-corrected chi connectivity index (χ3v) is 19.2. The van der Waals surface area contributed by atoms with Gasteiger partial charge >= 0.3 is 39.1 Å². The van der Waals surface area contributed by atoms with E-state index in [1.54, 1.807) is 67.6 Å². The second-order valence-corrected chi connectivity index (χ2v) is 24.7. The van der Waals surface area contributed by atoms with Gasteiger partial charge in [-0.05, 0) is 33.7 Å². The number of aromatic nitrogens is 4. The number of ether oxygens (including phenoxy) is 6. The fraction of sp³-hybridized carbons (Fsp3) is 0.350. The summed E-state index contributed by atoms with van der Waals surface area (Å²) in [7, 11) is -9.66. The van der Waals surface area contributed by atoms with Crippen LogP contribution < -0.4 is 5.32 Å². The molecule has 0 spiro atoms. The number of nitrogens with zero attached hydrogens (tertiary/aromatic N) is 4. The highest BCUT2D eigenvalue weighted by Crippen LogP contribution is 2.66. The third kappa shape index (κ3) is 14.5. The number of esters is 4. The van der Waals surface area contributed by atoms with Gasteiger partial charge in [0.15, 0.2) is 47.4 Å². The normalized spacial score (nSPS) is 23.0. The van der Waals surface area contributed by atoms with E-state index in [-0.39, 0.29) is 36.9 Å². The van der Waals surface area contributed by atoms with Crippen molar-refractivity contribution >= 4 is 56.1 Å². The van der Waals surface area contributed by atoms with Crippen molar-refractivity contribution in [2.75, 3.05) is 24.4 Å². The van der Waals surface area contributed by atoms with Crippen LogP contribution in [0.4, 0.5) is 5.82 Å². The number of anilines is 1. The maximum Gasteiger partial charge on any atom is 0.345 e. The largest absolute Gasteiger partial charge is 0.463 e. The van der Waals surface area contributed by atoms with Gasteiger partial charge in [0.2, 0.25) is 6.29 Å². The molecule has 2 fully saturated rings. The van der Waals surface area contributed by atoms with E-state index in [2.05, 4.69) is 10.3 Å². The maximum atomic E-state index is 15.7. The summed E-state index contributed by atoms with van der Waals surface area (Å²) < 4.78 is 93.7. The van der Waals surface area contributed by atoms with Gasteiger partial charge in [-0.15, -0.1) is 0 Å². The highest BCUT2D eigenvalue weighted by Gasteiger charge is 2.54. The van der Waals surface area contributed by atoms with Crippen LogP contribution in [-0.2, 0) is 93.6 Å². The van der Waals surface area contributed by atoms with Gasteiger partial charge < -0.3 is 47.3 Å². The van der Waals surface area contributed by atoms with E-state index in [9.17, 15) is 19.2 Å². The molecule has 2 aromatic heterocycles. The predicted molar refractivity (Wildman–Crippen MR) is 302 cm³/mol. The number of hydrogen-bond acceptors (Lipinski definition) is 20. The molecule has 1 N–H and O–H groups in total. The van der Waals surface area contributed by atoms with Crippen LogP contribution in [0.15, 0.2) is 164 Å². The van der Waals surface area contributed by atoms with Crippen LogP contribution >= 0.6 is 15.2 Å². The first-order valence-corrected chi connectivity index (χ1v) is 30.4. The first-order valence-electron chi connectivity index (χ1n) is 26.9. The summed E-state index contributed by atoms with van der Waals surface area (Å²) in [5.74, 6) is -4.46. The third-order valence-electron chi connectivity index (χ3n) is 14.3. The lowest BCUT2D eigenvalue weighted by Gasteiger charge is -2.44. The van der Waals surface area contributed by atoms with Gasteiger partial charge in [-0.1, -0.05) is 166 Å². The van der Waals surface area contributed by atoms with Crippen LogP contribution in [0.1, 0.15) is 75.6 Å². The van der Waals surface area contributed by atoms with E-state index in [0.29, 0.717) is 16.9 Å². The molecule has 4 heterocycles. The summed E-state index contributed by atoms with van der Waals surface area (Å²) >= 11 is 0. The molecule has 23 heteroatoms. The van der Waals surface area contributed by atoms with Gasteiger partial charge in [-0.2, -0.15) is 0 Å². The zero-order chi connectivity index (χ0) is 58.7. The average Bonchev–Trinajstić information content (AvgIpc) is 3.23. The second-order valence-electron chi connectivity index (χ2n) is 20.2. The number of carbonyl (C=O) groups excluding carboxylic acids is 4. The molecule has 0 bridgehead atoms. The minimum Gasteiger partial charge on any atom is -0.463 e. The van der Waals surface area contributed by atoms with E-state index in [1.165, 1.54) is 38.0 Å². The van der Waals surface area contributed by atoms with E-state index in [4.69, 9.17) is 56.5 Å². The Morgan fingerprint density at radius 2 is 1.05 bits per heavy atom. The summed E-state index contributed by atoms with van der Waals surface area (Å²) in [5, 5.41) is 3.75. The smallest absolute Gasteiger partial charge is 0.345 e. The molecule has 6 unspecified atom stereocenters. The Morgan fingerprint density at radius 3 is 1.57 bits per heavy atom. The quantitative estimate of drug-likeness (QED) is 0.0256. The van der Waals surface area contributed by atoms with Crippen LogP contribution in [0.3, 0.4) is 0 Å². The van der Waals surface area contributed by atoms with Crippen molar-refractivity contribution in [2.45, 2.75) is 103 Å². The zero-order valence-corrected chi connectivity index (χ0v) is 48.3. The van der Waals surface area contributed by atoms with E-state index in [0.717, 1.165) is 23.6 Å². The fourth-order valence-electron chi connectivity index (χ4n) is 10.2. The lowest BCUT2D eigenvalue weighted by molar-refractivity contribution is -0.255. The number of hydrogen-bond donors (Lipinski definition) is 1. The van der Waals surface area contributed by atoms with Crippen molar-refractivity contribution < 1.29 is 74.8 Å². The standard InChI is InChI=1S/C60H65N5O16P2/c1-39-40(2)53(76-42(4)67)59(80-50(39)34-72-41(3)66)81-83(71,74-33-46-24-14-8-15-25-46)38-82(70,73-32-45-22-12-7-13-23-45)75-35-51-54(77-43(5)68)55(78-44(6)69)58(79-51)65-37-63-52-56(61-36-62-57(52)65)64-60(47-26-16-9-17-27-47,48-28-18-10-19-29-48)49-30-20-11-21-31-49/h7-31,36-37,39-40,50-51,53-55,58-59H,32-35,38H2,1-6H3,(H,61,62,64)/t39-,40-,50?,51+,53?,54?,55-,58+,59?,82?,83?/m0/s1. The molecule has 436 valence electrons. The van der Waals surface area contributed by atoms with Gasteiger partial charge in [-0.25, -0.2) is 15.0 Å². The minimum atomic E-state index is -4.84. The molecule has 0 saturated carbocycles. The number of fused-ring (bicyclic) bond motifs is 1. The summed E-state index contributed by atoms with van der Waals surface area (Å²) in [6.07, 6.45) is -6.41. The van der Waals surface area contributed by atoms with Crippen molar-refractivity contribution in [3.05, 3.63) is 192 Å². The van der Waals surface area contributed by atoms with Crippen molar-refractivity contribution in [2.24, 2.45) is 11.8 Å². The number of benzene rings is 5. The molecular formula is C60H65N5O16P2. The molecule has 7 aromatic rings. The molecular weight excluding hydrogens is 1110 g/mol. The van der Waals surface area contributed by atoms with Gasteiger partial charge in [0.1, 0.15) is 24.6 Å². The Morgan fingerprint density at radius 1 is 0.554 bits per heavy atom. The van der Waals surface area contributed by atoms with Crippen LogP contribution in [0, 0.1) is 11.8 Å². The van der Waals surface area contributed by atoms with E-state index >= 15 is 9.13 Å². The molecule has 0 aliphatic carbocycles. The molecule has 21 nitrogen and oxygen atoms in total. The van der Waals surface area contributed by atoms with Gasteiger partial charge in [0, 0.05) is 33.6 Å². The molecule has 0 radical (unpaired) electrons. The minimum absolute atomic E-state index is 0.220. The molecule has 11 atom stereocenters. The monoisotopic (exact) mass is 1170 g/mol. The molecule has 2 aliphatic rings. The van der Waals surface area contributed by atoms with Gasteiger partial charge in [0.25, 0.3) is 0 Å². The Labute approximate surface area is 480 Å². The lowest BCUT2D eigenvalue weighted by Crippen LogP contribution is -2.53. The Kier molecular flexibility index (Phi) is 19.5. The number of rotatable bonds is 24. The van der Waals surface area contributed by atoms with Crippen molar-refractivity contribution in [1.82, 2.24) is 19.5 Å². The summed E-state index contributed by atoms with van der Waals surface area (Å²) in [6, 6.07) is 47.0. The Balaban J connectivity index is 1.07. The molecule has 83 heavy (non-hydrogen) atoms. The molecule has 2 aliphatic heterocycles. The SMILES string of the molecule is CC(=O)OCC1OC(OP(=O)(CP(=O)(OCc2ccccc2)OC[C@H]2O[C@@H](n3cnc4c(NC(c5ccccc5)(c5ccccc5)c5ccccc5)ncnc43)[C@@H](OC(C)=O)C2OC(C)=O)OCc2ccccc2)C(OC(C)=O)[C@@H](C)[C@@H]1C. The van der Waals surface area contributed by atoms with Crippen LogP contribution in [0.2, 0.25) is 0 Å². The van der Waals surface area contributed by atoms with Crippen LogP contribution in [-0.4, -0.2) is 99.3 Å². The maximum absolute atomic E-state index is 15.7. The Bertz CT molecular complexity index is 3320. The average molecular weight is 1170 g/mol. The second kappa shape index (κ2) is 26.9. The first-order chi connectivity index (χ1) is 39.9. The highest BCUT2D eigenvalue weighted by atomic mass is 31.2. The van der Waals surface area contributed by atoms with Gasteiger partial charge in [0.05, 0.1) is 32.3 Å². The number of imidazole rings is 1. The van der Waals surface area contributed by atoms with Crippen molar-refractivity contribution in [3.63, 3.8) is 0 Å². The first kappa shape index (κ1) is 60.2. The highest BCUT2D eigenvalue weighted by molar-refractivity contribution is 7.71.